The molecule has 2 aromatic rings. The predicted molar refractivity (Wildman–Crippen MR) is 80.7 cm³/mol. The van der Waals surface area contributed by atoms with E-state index in [-0.39, 0.29) is 19.1 Å². The molecule has 0 atom stereocenters. The number of rotatable bonds is 5. The van der Waals surface area contributed by atoms with Gasteiger partial charge >= 0.3 is 0 Å². The number of carbonyl (C=O) groups excluding carboxylic acids is 1. The van der Waals surface area contributed by atoms with E-state index >= 15 is 0 Å². The molecule has 0 saturated carbocycles. The van der Waals surface area contributed by atoms with E-state index in [1.807, 2.05) is 55.5 Å². The summed E-state index contributed by atoms with van der Waals surface area (Å²) < 4.78 is 0. The van der Waals surface area contributed by atoms with Gasteiger partial charge in [-0.3, -0.25) is 4.79 Å². The van der Waals surface area contributed by atoms with Crippen molar-refractivity contribution >= 4 is 17.3 Å². The van der Waals surface area contributed by atoms with E-state index in [4.69, 9.17) is 0 Å². The Labute approximate surface area is 118 Å². The highest BCUT2D eigenvalue weighted by Gasteiger charge is 2.04. The molecule has 4 heteroatoms. The van der Waals surface area contributed by atoms with Crippen molar-refractivity contribution in [2.75, 3.05) is 17.2 Å². The zero-order valence-corrected chi connectivity index (χ0v) is 11.4. The third-order valence-electron chi connectivity index (χ3n) is 2.96. The quantitative estimate of drug-likeness (QED) is 0.782. The summed E-state index contributed by atoms with van der Waals surface area (Å²) in [5, 5.41) is 15.0. The summed E-state index contributed by atoms with van der Waals surface area (Å²) in [4.78, 5) is 11.8. The monoisotopic (exact) mass is 270 g/mol. The average molecular weight is 270 g/mol. The van der Waals surface area contributed by atoms with Crippen LogP contribution in [0.2, 0.25) is 0 Å². The lowest BCUT2D eigenvalue weighted by Crippen LogP contribution is -2.22. The van der Waals surface area contributed by atoms with Crippen molar-refractivity contribution in [1.82, 2.24) is 0 Å². The second-order valence-electron chi connectivity index (χ2n) is 4.58. The first-order chi connectivity index (χ1) is 9.69. The van der Waals surface area contributed by atoms with Crippen molar-refractivity contribution in [1.29, 1.82) is 0 Å². The molecule has 20 heavy (non-hydrogen) atoms. The molecule has 1 amide bonds. The number of para-hydroxylation sites is 1. The zero-order valence-electron chi connectivity index (χ0n) is 11.4. The number of hydrogen-bond acceptors (Lipinski definition) is 3. The lowest BCUT2D eigenvalue weighted by Gasteiger charge is -2.10. The fourth-order valence-corrected chi connectivity index (χ4v) is 1.85. The van der Waals surface area contributed by atoms with Gasteiger partial charge in [-0.05, 0) is 25.1 Å². The van der Waals surface area contributed by atoms with E-state index in [0.29, 0.717) is 0 Å². The van der Waals surface area contributed by atoms with Crippen LogP contribution in [0.5, 0.6) is 0 Å². The van der Waals surface area contributed by atoms with Gasteiger partial charge in [0.2, 0.25) is 5.91 Å². The Bertz CT molecular complexity index is 579. The highest BCUT2D eigenvalue weighted by atomic mass is 16.3. The van der Waals surface area contributed by atoms with Gasteiger partial charge in [-0.25, -0.2) is 0 Å². The van der Waals surface area contributed by atoms with Gasteiger partial charge in [-0.1, -0.05) is 35.9 Å². The van der Waals surface area contributed by atoms with E-state index in [1.54, 1.807) is 0 Å². The van der Waals surface area contributed by atoms with Crippen LogP contribution in [0.4, 0.5) is 11.4 Å². The van der Waals surface area contributed by atoms with Crippen LogP contribution in [0.25, 0.3) is 0 Å². The molecule has 104 valence electrons. The van der Waals surface area contributed by atoms with Crippen LogP contribution in [0.15, 0.2) is 48.5 Å². The van der Waals surface area contributed by atoms with Gasteiger partial charge in [0.05, 0.1) is 13.2 Å². The summed E-state index contributed by atoms with van der Waals surface area (Å²) in [7, 11) is 0. The van der Waals surface area contributed by atoms with Crippen molar-refractivity contribution in [2.24, 2.45) is 0 Å². The number of benzene rings is 2. The largest absolute Gasteiger partial charge is 0.392 e. The number of carbonyl (C=O) groups is 1. The van der Waals surface area contributed by atoms with Gasteiger partial charge in [0, 0.05) is 16.9 Å². The van der Waals surface area contributed by atoms with E-state index < -0.39 is 0 Å². The van der Waals surface area contributed by atoms with Crippen LogP contribution < -0.4 is 10.6 Å². The lowest BCUT2D eigenvalue weighted by atomic mass is 10.2. The summed E-state index contributed by atoms with van der Waals surface area (Å²) in [6, 6.07) is 15.0. The molecule has 0 aliphatic heterocycles. The fourth-order valence-electron chi connectivity index (χ4n) is 1.85. The molecule has 0 bridgehead atoms. The molecular weight excluding hydrogens is 252 g/mol. The summed E-state index contributed by atoms with van der Waals surface area (Å²) in [6.45, 7) is 2.10. The second kappa shape index (κ2) is 6.73. The number of amides is 1. The Morgan fingerprint density at radius 2 is 1.80 bits per heavy atom. The van der Waals surface area contributed by atoms with Crippen molar-refractivity contribution in [3.05, 3.63) is 59.7 Å². The Hall–Kier alpha value is -2.33. The molecule has 0 unspecified atom stereocenters. The van der Waals surface area contributed by atoms with Crippen LogP contribution >= 0.6 is 0 Å². The van der Waals surface area contributed by atoms with Crippen molar-refractivity contribution in [3.63, 3.8) is 0 Å². The third kappa shape index (κ3) is 3.83. The number of aliphatic hydroxyl groups excluding tert-OH is 1. The second-order valence-corrected chi connectivity index (χ2v) is 4.58. The number of aliphatic hydroxyl groups is 1. The van der Waals surface area contributed by atoms with Crippen LogP contribution in [-0.4, -0.2) is 17.6 Å². The first-order valence-corrected chi connectivity index (χ1v) is 6.48. The van der Waals surface area contributed by atoms with Crippen molar-refractivity contribution in [3.8, 4) is 0 Å². The van der Waals surface area contributed by atoms with E-state index in [0.717, 1.165) is 22.5 Å². The van der Waals surface area contributed by atoms with Gasteiger partial charge < -0.3 is 15.7 Å². The molecule has 0 saturated heterocycles. The van der Waals surface area contributed by atoms with E-state index in [1.165, 1.54) is 0 Å². The number of anilines is 2. The van der Waals surface area contributed by atoms with Gasteiger partial charge in [0.25, 0.3) is 0 Å². The van der Waals surface area contributed by atoms with E-state index in [2.05, 4.69) is 10.6 Å². The van der Waals surface area contributed by atoms with Crippen LogP contribution in [0.3, 0.4) is 0 Å². The Morgan fingerprint density at radius 3 is 2.50 bits per heavy atom. The fraction of sp³-hybridized carbons (Fsp3) is 0.188. The molecule has 2 aromatic carbocycles. The molecule has 0 heterocycles. The standard InChI is InChI=1S/C16H18N2O2/c1-12-6-8-14(9-7-12)18-16(20)10-17-15-5-3-2-4-13(15)11-19/h2-9,17,19H,10-11H2,1H3,(H,18,20). The summed E-state index contributed by atoms with van der Waals surface area (Å²) >= 11 is 0. The topological polar surface area (TPSA) is 61.4 Å². The van der Waals surface area contributed by atoms with Crippen LogP contribution in [0, 0.1) is 6.92 Å². The molecular formula is C16H18N2O2. The lowest BCUT2D eigenvalue weighted by molar-refractivity contribution is -0.114. The van der Waals surface area contributed by atoms with Crippen molar-refractivity contribution in [2.45, 2.75) is 13.5 Å². The minimum Gasteiger partial charge on any atom is -0.392 e. The number of hydrogen-bond donors (Lipinski definition) is 3. The molecule has 3 N–H and O–H groups in total. The smallest absolute Gasteiger partial charge is 0.243 e. The number of nitrogens with one attached hydrogen (secondary N) is 2. The van der Waals surface area contributed by atoms with Gasteiger partial charge in [0.15, 0.2) is 0 Å². The average Bonchev–Trinajstić information content (AvgIpc) is 2.48. The Balaban J connectivity index is 1.90. The van der Waals surface area contributed by atoms with Gasteiger partial charge in [-0.2, -0.15) is 0 Å². The maximum Gasteiger partial charge on any atom is 0.243 e. The zero-order chi connectivity index (χ0) is 14.4. The number of aryl methyl sites for hydroxylation is 1. The SMILES string of the molecule is Cc1ccc(NC(=O)CNc2ccccc2CO)cc1. The maximum atomic E-state index is 11.8. The normalized spacial score (nSPS) is 10.1. The first-order valence-electron chi connectivity index (χ1n) is 6.48. The first kappa shape index (κ1) is 14.1. The van der Waals surface area contributed by atoms with E-state index in [9.17, 15) is 9.90 Å². The van der Waals surface area contributed by atoms with Gasteiger partial charge in [-0.15, -0.1) is 0 Å². The summed E-state index contributed by atoms with van der Waals surface area (Å²) in [6.07, 6.45) is 0. The predicted octanol–water partition coefficient (Wildman–Crippen LogP) is 2.54. The van der Waals surface area contributed by atoms with Crippen LogP contribution in [0.1, 0.15) is 11.1 Å². The molecule has 4 nitrogen and oxygen atoms in total. The van der Waals surface area contributed by atoms with Crippen molar-refractivity contribution < 1.29 is 9.90 Å². The minimum atomic E-state index is -0.124. The molecule has 0 radical (unpaired) electrons. The maximum absolute atomic E-state index is 11.8. The highest BCUT2D eigenvalue weighted by molar-refractivity contribution is 5.93. The van der Waals surface area contributed by atoms with Crippen LogP contribution in [-0.2, 0) is 11.4 Å². The molecule has 0 aliphatic carbocycles. The molecule has 0 fully saturated rings. The molecule has 0 aromatic heterocycles. The molecule has 0 aliphatic rings. The molecule has 0 spiro atoms. The Morgan fingerprint density at radius 1 is 1.10 bits per heavy atom. The Kier molecular flexibility index (Phi) is 4.74. The van der Waals surface area contributed by atoms with Gasteiger partial charge in [0.1, 0.15) is 0 Å². The highest BCUT2D eigenvalue weighted by Crippen LogP contribution is 2.14. The summed E-state index contributed by atoms with van der Waals surface area (Å²) in [5.74, 6) is -0.124. The summed E-state index contributed by atoms with van der Waals surface area (Å²) in [5.41, 5.74) is 3.47. The minimum absolute atomic E-state index is 0.0528. The molecule has 2 rings (SSSR count). The third-order valence-corrected chi connectivity index (χ3v) is 2.96.